The molecule has 2 rings (SSSR count). The Hall–Kier alpha value is -0.900. The fourth-order valence-electron chi connectivity index (χ4n) is 3.15. The Balaban J connectivity index is 1.97. The lowest BCUT2D eigenvalue weighted by Gasteiger charge is -2.35. The highest BCUT2D eigenvalue weighted by Gasteiger charge is 2.24. The summed E-state index contributed by atoms with van der Waals surface area (Å²) < 4.78 is 5.87. The predicted octanol–water partition coefficient (Wildman–Crippen LogP) is 3.14. The number of ether oxygens (including phenoxy) is 1. The minimum atomic E-state index is 0.346. The smallest absolute Gasteiger partial charge is 0.0702 e. The van der Waals surface area contributed by atoms with Crippen LogP contribution in [0.3, 0.4) is 0 Å². The molecule has 3 heteroatoms. The fourth-order valence-corrected chi connectivity index (χ4v) is 3.15. The molecule has 1 aromatic carbocycles. The summed E-state index contributed by atoms with van der Waals surface area (Å²) in [6.45, 7) is 6.38. The second-order valence-electron chi connectivity index (χ2n) is 6.35. The third kappa shape index (κ3) is 4.53. The maximum absolute atomic E-state index is 5.87. The minimum Gasteiger partial charge on any atom is -0.377 e. The lowest BCUT2D eigenvalue weighted by molar-refractivity contribution is -0.00945. The molecular weight excluding hydrogens is 260 g/mol. The van der Waals surface area contributed by atoms with E-state index in [1.807, 2.05) is 7.05 Å². The van der Waals surface area contributed by atoms with Crippen molar-refractivity contribution in [2.75, 3.05) is 27.2 Å². The summed E-state index contributed by atoms with van der Waals surface area (Å²) in [4.78, 5) is 2.43. The van der Waals surface area contributed by atoms with Crippen LogP contribution in [0.2, 0.25) is 0 Å². The highest BCUT2D eigenvalue weighted by Crippen LogP contribution is 2.22. The summed E-state index contributed by atoms with van der Waals surface area (Å²) in [5.41, 5.74) is 2.66. The Kier molecular flexibility index (Phi) is 6.22. The summed E-state index contributed by atoms with van der Waals surface area (Å²) in [7, 11) is 4.26. The van der Waals surface area contributed by atoms with Crippen LogP contribution in [-0.2, 0) is 4.74 Å². The summed E-state index contributed by atoms with van der Waals surface area (Å²) >= 11 is 0. The molecule has 1 heterocycles. The Morgan fingerprint density at radius 3 is 2.57 bits per heavy atom. The van der Waals surface area contributed by atoms with E-state index in [2.05, 4.69) is 55.4 Å². The van der Waals surface area contributed by atoms with Crippen molar-refractivity contribution in [2.45, 2.75) is 51.3 Å². The van der Waals surface area contributed by atoms with Crippen LogP contribution in [0.15, 0.2) is 24.3 Å². The molecule has 1 aromatic rings. The maximum atomic E-state index is 5.87. The molecule has 1 aliphatic rings. The normalized spacial score (nSPS) is 22.2. The third-order valence-electron chi connectivity index (χ3n) is 4.69. The Morgan fingerprint density at radius 2 is 2.00 bits per heavy atom. The zero-order chi connectivity index (χ0) is 15.2. The first-order chi connectivity index (χ1) is 10.1. The number of likely N-dealkylation sites (N-methyl/N-ethyl adjacent to an activating group) is 2. The van der Waals surface area contributed by atoms with Gasteiger partial charge in [0.2, 0.25) is 0 Å². The van der Waals surface area contributed by atoms with E-state index in [9.17, 15) is 0 Å². The Morgan fingerprint density at radius 1 is 1.29 bits per heavy atom. The van der Waals surface area contributed by atoms with E-state index >= 15 is 0 Å². The van der Waals surface area contributed by atoms with Gasteiger partial charge in [0.05, 0.1) is 6.10 Å². The Labute approximate surface area is 129 Å². The number of benzene rings is 1. The van der Waals surface area contributed by atoms with Crippen LogP contribution in [0.5, 0.6) is 0 Å². The number of aryl methyl sites for hydroxylation is 1. The van der Waals surface area contributed by atoms with Gasteiger partial charge in [0.15, 0.2) is 0 Å². The maximum Gasteiger partial charge on any atom is 0.0702 e. The predicted molar refractivity (Wildman–Crippen MR) is 88.7 cm³/mol. The molecule has 1 aliphatic heterocycles. The van der Waals surface area contributed by atoms with Crippen LogP contribution in [-0.4, -0.2) is 44.3 Å². The standard InChI is InChI=1S/C18H30N2O/c1-14-8-10-16(11-9-14)18(19-3)15(2)20(4)13-17-7-5-6-12-21-17/h8-11,15,17-19H,5-7,12-13H2,1-4H3. The molecule has 0 spiro atoms. The first-order valence-electron chi connectivity index (χ1n) is 8.17. The first-order valence-corrected chi connectivity index (χ1v) is 8.17. The lowest BCUT2D eigenvalue weighted by atomic mass is 9.98. The van der Waals surface area contributed by atoms with Crippen molar-refractivity contribution in [2.24, 2.45) is 0 Å². The van der Waals surface area contributed by atoms with E-state index in [0.717, 1.165) is 13.2 Å². The molecule has 0 radical (unpaired) electrons. The molecule has 1 N–H and O–H groups in total. The van der Waals surface area contributed by atoms with Gasteiger partial charge in [-0.05, 0) is 52.8 Å². The zero-order valence-corrected chi connectivity index (χ0v) is 13.9. The van der Waals surface area contributed by atoms with E-state index in [4.69, 9.17) is 4.74 Å². The van der Waals surface area contributed by atoms with Crippen molar-refractivity contribution in [3.63, 3.8) is 0 Å². The molecule has 0 aliphatic carbocycles. The zero-order valence-electron chi connectivity index (χ0n) is 13.9. The summed E-state index contributed by atoms with van der Waals surface area (Å²) in [6.07, 6.45) is 4.13. The van der Waals surface area contributed by atoms with E-state index in [1.54, 1.807) is 0 Å². The SMILES string of the molecule is CNC(c1ccc(C)cc1)C(C)N(C)CC1CCCCO1. The fraction of sp³-hybridized carbons (Fsp3) is 0.667. The van der Waals surface area contributed by atoms with Crippen molar-refractivity contribution >= 4 is 0 Å². The number of hydrogen-bond donors (Lipinski definition) is 1. The molecule has 3 atom stereocenters. The van der Waals surface area contributed by atoms with Gasteiger partial charge in [-0.25, -0.2) is 0 Å². The second kappa shape index (κ2) is 7.92. The summed E-state index contributed by atoms with van der Waals surface area (Å²) in [5.74, 6) is 0. The quantitative estimate of drug-likeness (QED) is 0.871. The van der Waals surface area contributed by atoms with Gasteiger partial charge in [-0.1, -0.05) is 29.8 Å². The molecule has 1 fully saturated rings. The summed E-state index contributed by atoms with van der Waals surface area (Å²) in [6, 6.07) is 9.63. The van der Waals surface area contributed by atoms with Crippen molar-refractivity contribution in [3.8, 4) is 0 Å². The molecule has 0 bridgehead atoms. The van der Waals surface area contributed by atoms with Gasteiger partial charge in [-0.15, -0.1) is 0 Å². The highest BCUT2D eigenvalue weighted by molar-refractivity contribution is 5.25. The second-order valence-corrected chi connectivity index (χ2v) is 6.35. The van der Waals surface area contributed by atoms with E-state index in [-0.39, 0.29) is 0 Å². The van der Waals surface area contributed by atoms with Gasteiger partial charge in [-0.3, -0.25) is 4.90 Å². The van der Waals surface area contributed by atoms with Crippen LogP contribution >= 0.6 is 0 Å². The molecule has 3 nitrogen and oxygen atoms in total. The largest absolute Gasteiger partial charge is 0.377 e. The topological polar surface area (TPSA) is 24.5 Å². The average Bonchev–Trinajstić information content (AvgIpc) is 2.50. The van der Waals surface area contributed by atoms with Crippen molar-refractivity contribution in [3.05, 3.63) is 35.4 Å². The van der Waals surface area contributed by atoms with Gasteiger partial charge in [-0.2, -0.15) is 0 Å². The van der Waals surface area contributed by atoms with Crippen LogP contribution in [0.4, 0.5) is 0 Å². The number of nitrogens with one attached hydrogen (secondary N) is 1. The van der Waals surface area contributed by atoms with Crippen molar-refractivity contribution in [1.82, 2.24) is 10.2 Å². The van der Waals surface area contributed by atoms with Crippen LogP contribution in [0.1, 0.15) is 43.4 Å². The van der Waals surface area contributed by atoms with Crippen molar-refractivity contribution in [1.29, 1.82) is 0 Å². The molecule has 1 saturated heterocycles. The van der Waals surface area contributed by atoms with Gasteiger partial charge < -0.3 is 10.1 Å². The molecule has 0 amide bonds. The van der Waals surface area contributed by atoms with Crippen LogP contribution < -0.4 is 5.32 Å². The van der Waals surface area contributed by atoms with E-state index in [1.165, 1.54) is 30.4 Å². The van der Waals surface area contributed by atoms with Gasteiger partial charge >= 0.3 is 0 Å². The van der Waals surface area contributed by atoms with E-state index in [0.29, 0.717) is 18.2 Å². The molecule has 118 valence electrons. The molecule has 3 unspecified atom stereocenters. The average molecular weight is 290 g/mol. The number of hydrogen-bond acceptors (Lipinski definition) is 3. The van der Waals surface area contributed by atoms with Gasteiger partial charge in [0, 0.05) is 25.2 Å². The Bertz CT molecular complexity index is 412. The molecule has 0 aromatic heterocycles. The van der Waals surface area contributed by atoms with Gasteiger partial charge in [0.1, 0.15) is 0 Å². The van der Waals surface area contributed by atoms with Crippen LogP contribution in [0, 0.1) is 6.92 Å². The van der Waals surface area contributed by atoms with Gasteiger partial charge in [0.25, 0.3) is 0 Å². The van der Waals surface area contributed by atoms with E-state index < -0.39 is 0 Å². The first kappa shape index (κ1) is 16.5. The molecule has 0 saturated carbocycles. The van der Waals surface area contributed by atoms with Crippen molar-refractivity contribution < 1.29 is 4.74 Å². The minimum absolute atomic E-state index is 0.346. The number of rotatable bonds is 6. The third-order valence-corrected chi connectivity index (χ3v) is 4.69. The molecular formula is C18H30N2O. The molecule has 21 heavy (non-hydrogen) atoms. The number of nitrogens with zero attached hydrogens (tertiary/aromatic N) is 1. The lowest BCUT2D eigenvalue weighted by Crippen LogP contribution is -2.44. The monoisotopic (exact) mass is 290 g/mol. The van der Waals surface area contributed by atoms with Crippen LogP contribution in [0.25, 0.3) is 0 Å². The highest BCUT2D eigenvalue weighted by atomic mass is 16.5. The summed E-state index contributed by atoms with van der Waals surface area (Å²) in [5, 5.41) is 3.47.